The van der Waals surface area contributed by atoms with Crippen molar-refractivity contribution in [3.05, 3.63) is 71.0 Å². The summed E-state index contributed by atoms with van der Waals surface area (Å²) in [4.78, 5) is 8.62. The number of halogens is 1. The van der Waals surface area contributed by atoms with Crippen LogP contribution in [0.15, 0.2) is 70.3 Å². The Bertz CT molecular complexity index is 959. The van der Waals surface area contributed by atoms with Crippen LogP contribution in [0.2, 0.25) is 0 Å². The van der Waals surface area contributed by atoms with Gasteiger partial charge >= 0.3 is 0 Å². The molecule has 0 atom stereocenters. The lowest BCUT2D eigenvalue weighted by Crippen LogP contribution is -2.13. The van der Waals surface area contributed by atoms with Gasteiger partial charge < -0.3 is 0 Å². The molecule has 5 nitrogen and oxygen atoms in total. The second-order valence-corrected chi connectivity index (χ2v) is 7.71. The first-order valence-corrected chi connectivity index (χ1v) is 9.40. The number of hydrogen-bond acceptors (Lipinski definition) is 4. The van der Waals surface area contributed by atoms with E-state index in [1.54, 1.807) is 18.2 Å². The third-order valence-corrected chi connectivity index (χ3v) is 5.64. The molecule has 0 aliphatic carbocycles. The number of aromatic nitrogens is 2. The SMILES string of the molecule is Cc1cc(S(=O)(=O)Nc2cnc(-c3ccccc3)nc2)ccc1Br. The maximum Gasteiger partial charge on any atom is 0.262 e. The van der Waals surface area contributed by atoms with E-state index < -0.39 is 10.0 Å². The Morgan fingerprint density at radius 3 is 2.29 bits per heavy atom. The number of rotatable bonds is 4. The van der Waals surface area contributed by atoms with E-state index in [1.807, 2.05) is 37.3 Å². The molecule has 0 bridgehead atoms. The van der Waals surface area contributed by atoms with Gasteiger partial charge in [-0.05, 0) is 30.7 Å². The topological polar surface area (TPSA) is 72.0 Å². The van der Waals surface area contributed by atoms with Crippen LogP contribution in [0.25, 0.3) is 11.4 Å². The molecule has 0 fully saturated rings. The number of nitrogens with zero attached hydrogens (tertiary/aromatic N) is 2. The zero-order valence-electron chi connectivity index (χ0n) is 12.8. The molecule has 3 rings (SSSR count). The third kappa shape index (κ3) is 3.63. The first-order valence-electron chi connectivity index (χ1n) is 7.12. The largest absolute Gasteiger partial charge is 0.276 e. The molecule has 1 aromatic heterocycles. The normalized spacial score (nSPS) is 11.2. The van der Waals surface area contributed by atoms with Gasteiger partial charge in [-0.1, -0.05) is 46.3 Å². The highest BCUT2D eigenvalue weighted by Gasteiger charge is 2.15. The van der Waals surface area contributed by atoms with E-state index in [4.69, 9.17) is 0 Å². The molecule has 0 saturated carbocycles. The Kier molecular flexibility index (Phi) is 4.64. The number of nitrogens with one attached hydrogen (secondary N) is 1. The van der Waals surface area contributed by atoms with Gasteiger partial charge in [0.2, 0.25) is 0 Å². The van der Waals surface area contributed by atoms with Gasteiger partial charge in [-0.25, -0.2) is 18.4 Å². The summed E-state index contributed by atoms with van der Waals surface area (Å²) in [5.74, 6) is 0.540. The Morgan fingerprint density at radius 1 is 1.00 bits per heavy atom. The summed E-state index contributed by atoms with van der Waals surface area (Å²) in [6, 6.07) is 14.3. The van der Waals surface area contributed by atoms with Gasteiger partial charge in [0.05, 0.1) is 23.0 Å². The maximum absolute atomic E-state index is 12.4. The molecule has 0 saturated heterocycles. The highest BCUT2D eigenvalue weighted by molar-refractivity contribution is 9.10. The van der Waals surface area contributed by atoms with E-state index in [0.717, 1.165) is 15.6 Å². The van der Waals surface area contributed by atoms with Crippen LogP contribution < -0.4 is 4.72 Å². The lowest BCUT2D eigenvalue weighted by Gasteiger charge is -2.09. The lowest BCUT2D eigenvalue weighted by molar-refractivity contribution is 0.601. The summed E-state index contributed by atoms with van der Waals surface area (Å²) in [7, 11) is -3.68. The van der Waals surface area contributed by atoms with Crippen molar-refractivity contribution in [1.29, 1.82) is 0 Å². The molecular weight excluding hydrogens is 390 g/mol. The van der Waals surface area contributed by atoms with Gasteiger partial charge in [-0.2, -0.15) is 0 Å². The minimum absolute atomic E-state index is 0.190. The van der Waals surface area contributed by atoms with Crippen LogP contribution in [-0.4, -0.2) is 18.4 Å². The first kappa shape index (κ1) is 16.6. The van der Waals surface area contributed by atoms with Crippen molar-refractivity contribution in [2.75, 3.05) is 4.72 Å². The number of benzene rings is 2. The Labute approximate surface area is 149 Å². The second kappa shape index (κ2) is 6.70. The molecule has 0 aliphatic rings. The summed E-state index contributed by atoms with van der Waals surface area (Å²) in [6.45, 7) is 1.83. The molecular formula is C17H14BrN3O2S. The van der Waals surface area contributed by atoms with Gasteiger partial charge in [0.25, 0.3) is 10.0 Å². The van der Waals surface area contributed by atoms with Crippen LogP contribution in [0.4, 0.5) is 5.69 Å². The molecule has 0 radical (unpaired) electrons. The van der Waals surface area contributed by atoms with Gasteiger partial charge in [-0.15, -0.1) is 0 Å². The fraction of sp³-hybridized carbons (Fsp3) is 0.0588. The number of sulfonamides is 1. The minimum atomic E-state index is -3.68. The summed E-state index contributed by atoms with van der Waals surface area (Å²) in [6.07, 6.45) is 2.91. The fourth-order valence-corrected chi connectivity index (χ4v) is 3.47. The highest BCUT2D eigenvalue weighted by Crippen LogP contribution is 2.22. The predicted molar refractivity (Wildman–Crippen MR) is 97.2 cm³/mol. The minimum Gasteiger partial charge on any atom is -0.276 e. The third-order valence-electron chi connectivity index (χ3n) is 3.38. The Balaban J connectivity index is 1.84. The van der Waals surface area contributed by atoms with Crippen LogP contribution >= 0.6 is 15.9 Å². The van der Waals surface area contributed by atoms with Crippen molar-refractivity contribution in [1.82, 2.24) is 9.97 Å². The molecule has 0 aliphatic heterocycles. The number of anilines is 1. The quantitative estimate of drug-likeness (QED) is 0.713. The van der Waals surface area contributed by atoms with Crippen LogP contribution in [0.5, 0.6) is 0 Å². The first-order chi connectivity index (χ1) is 11.5. The smallest absolute Gasteiger partial charge is 0.262 e. The van der Waals surface area contributed by atoms with Gasteiger partial charge in [0.1, 0.15) is 0 Å². The molecule has 24 heavy (non-hydrogen) atoms. The number of aryl methyl sites for hydroxylation is 1. The van der Waals surface area contributed by atoms with Crippen molar-refractivity contribution >= 4 is 31.6 Å². The molecule has 3 aromatic rings. The van der Waals surface area contributed by atoms with Gasteiger partial charge in [0, 0.05) is 10.0 Å². The molecule has 1 heterocycles. The second-order valence-electron chi connectivity index (χ2n) is 5.18. The highest BCUT2D eigenvalue weighted by atomic mass is 79.9. The molecule has 0 spiro atoms. The molecule has 0 unspecified atom stereocenters. The van der Waals surface area contributed by atoms with Crippen molar-refractivity contribution in [2.45, 2.75) is 11.8 Å². The van der Waals surface area contributed by atoms with E-state index in [1.165, 1.54) is 12.4 Å². The Morgan fingerprint density at radius 2 is 1.67 bits per heavy atom. The van der Waals surface area contributed by atoms with E-state index in [2.05, 4.69) is 30.6 Å². The van der Waals surface area contributed by atoms with Crippen molar-refractivity contribution in [3.8, 4) is 11.4 Å². The summed E-state index contributed by atoms with van der Waals surface area (Å²) < 4.78 is 28.2. The number of hydrogen-bond donors (Lipinski definition) is 1. The van der Waals surface area contributed by atoms with Crippen LogP contribution in [-0.2, 0) is 10.0 Å². The molecule has 0 amide bonds. The van der Waals surface area contributed by atoms with Gasteiger partial charge in [-0.3, -0.25) is 4.72 Å². The monoisotopic (exact) mass is 403 g/mol. The Hall–Kier alpha value is -2.25. The summed E-state index contributed by atoms with van der Waals surface area (Å²) >= 11 is 3.36. The molecule has 7 heteroatoms. The standard InChI is InChI=1S/C17H14BrN3O2S/c1-12-9-15(7-8-16(12)18)24(22,23)21-14-10-19-17(20-11-14)13-5-3-2-4-6-13/h2-11,21H,1H3. The summed E-state index contributed by atoms with van der Waals surface area (Å²) in [5, 5.41) is 0. The van der Waals surface area contributed by atoms with E-state index in [-0.39, 0.29) is 4.90 Å². The maximum atomic E-state index is 12.4. The predicted octanol–water partition coefficient (Wildman–Crippen LogP) is 4.02. The van der Waals surface area contributed by atoms with Crippen LogP contribution in [0, 0.1) is 6.92 Å². The van der Waals surface area contributed by atoms with Crippen molar-refractivity contribution in [2.24, 2.45) is 0 Å². The van der Waals surface area contributed by atoms with E-state index in [9.17, 15) is 8.42 Å². The fourth-order valence-electron chi connectivity index (χ4n) is 2.12. The van der Waals surface area contributed by atoms with Crippen molar-refractivity contribution in [3.63, 3.8) is 0 Å². The molecule has 1 N–H and O–H groups in total. The molecule has 122 valence electrons. The lowest BCUT2D eigenvalue weighted by atomic mass is 10.2. The summed E-state index contributed by atoms with van der Waals surface area (Å²) in [5.41, 5.74) is 2.03. The van der Waals surface area contributed by atoms with Gasteiger partial charge in [0.15, 0.2) is 5.82 Å². The molecule has 2 aromatic carbocycles. The zero-order chi connectivity index (χ0) is 17.2. The van der Waals surface area contributed by atoms with Crippen LogP contribution in [0.1, 0.15) is 5.56 Å². The average Bonchev–Trinajstić information content (AvgIpc) is 2.58. The average molecular weight is 404 g/mol. The van der Waals surface area contributed by atoms with E-state index in [0.29, 0.717) is 11.5 Å². The zero-order valence-corrected chi connectivity index (χ0v) is 15.2. The van der Waals surface area contributed by atoms with E-state index >= 15 is 0 Å². The van der Waals surface area contributed by atoms with Crippen molar-refractivity contribution < 1.29 is 8.42 Å². The van der Waals surface area contributed by atoms with Crippen LogP contribution in [0.3, 0.4) is 0 Å².